The highest BCUT2D eigenvalue weighted by Gasteiger charge is 1.99. The number of rotatable bonds is 7. The summed E-state index contributed by atoms with van der Waals surface area (Å²) in [6, 6.07) is 1.68. The second-order valence-corrected chi connectivity index (χ2v) is 3.10. The van der Waals surface area contributed by atoms with Crippen LogP contribution in [0, 0.1) is 0 Å². The van der Waals surface area contributed by atoms with E-state index in [0.717, 1.165) is 0 Å². The number of ether oxygens (including phenoxy) is 1. The third kappa shape index (κ3) is 4.59. The molecule has 1 aromatic heterocycles. The first-order chi connectivity index (χ1) is 7.72. The van der Waals surface area contributed by atoms with Gasteiger partial charge in [-0.15, -0.1) is 0 Å². The van der Waals surface area contributed by atoms with Crippen LogP contribution in [0.5, 0.6) is 5.88 Å². The number of carboxylic acid groups (broad SMARTS) is 1. The van der Waals surface area contributed by atoms with Crippen LogP contribution in [0.4, 0.5) is 5.82 Å². The smallest absolute Gasteiger partial charge is 0.303 e. The first-order valence-electron chi connectivity index (χ1n) is 5.13. The van der Waals surface area contributed by atoms with Crippen LogP contribution in [-0.2, 0) is 4.79 Å². The Labute approximate surface area is 93.7 Å². The lowest BCUT2D eigenvalue weighted by Gasteiger charge is -2.06. The van der Waals surface area contributed by atoms with Gasteiger partial charge < -0.3 is 15.2 Å². The Bertz CT molecular complexity index is 344. The Kier molecular flexibility index (Phi) is 5.04. The van der Waals surface area contributed by atoms with Crippen molar-refractivity contribution in [3.63, 3.8) is 0 Å². The number of aliphatic carboxylic acids is 1. The van der Waals surface area contributed by atoms with Crippen molar-refractivity contribution in [2.75, 3.05) is 18.5 Å². The molecule has 0 fully saturated rings. The largest absolute Gasteiger partial charge is 0.481 e. The maximum absolute atomic E-state index is 10.3. The Morgan fingerprint density at radius 1 is 1.56 bits per heavy atom. The van der Waals surface area contributed by atoms with Gasteiger partial charge in [0.1, 0.15) is 12.1 Å². The molecule has 0 saturated heterocycles. The van der Waals surface area contributed by atoms with Gasteiger partial charge in [0.2, 0.25) is 5.88 Å². The SMILES string of the molecule is CCOc1cc(NCCCC(=O)O)ncn1. The highest BCUT2D eigenvalue weighted by atomic mass is 16.5. The van der Waals surface area contributed by atoms with E-state index in [4.69, 9.17) is 9.84 Å². The van der Waals surface area contributed by atoms with Gasteiger partial charge in [0, 0.05) is 19.0 Å². The van der Waals surface area contributed by atoms with Crippen LogP contribution in [0.2, 0.25) is 0 Å². The summed E-state index contributed by atoms with van der Waals surface area (Å²) in [4.78, 5) is 18.2. The molecule has 0 aliphatic rings. The molecule has 0 unspecified atom stereocenters. The molecule has 1 heterocycles. The molecule has 0 atom stereocenters. The molecule has 0 bridgehead atoms. The Hall–Kier alpha value is -1.85. The van der Waals surface area contributed by atoms with Crippen LogP contribution in [-0.4, -0.2) is 34.2 Å². The van der Waals surface area contributed by atoms with E-state index in [9.17, 15) is 4.79 Å². The normalized spacial score (nSPS) is 9.81. The molecule has 0 amide bonds. The zero-order chi connectivity index (χ0) is 11.8. The van der Waals surface area contributed by atoms with Crippen molar-refractivity contribution in [1.29, 1.82) is 0 Å². The number of nitrogens with zero attached hydrogens (tertiary/aromatic N) is 2. The van der Waals surface area contributed by atoms with Crippen molar-refractivity contribution in [2.24, 2.45) is 0 Å². The molecule has 1 rings (SSSR count). The fourth-order valence-electron chi connectivity index (χ4n) is 1.12. The Morgan fingerprint density at radius 2 is 2.38 bits per heavy atom. The Balaban J connectivity index is 2.35. The fraction of sp³-hybridized carbons (Fsp3) is 0.500. The Morgan fingerprint density at radius 3 is 3.06 bits per heavy atom. The molecular weight excluding hydrogens is 210 g/mol. The van der Waals surface area contributed by atoms with Crippen LogP contribution in [0.3, 0.4) is 0 Å². The predicted octanol–water partition coefficient (Wildman–Crippen LogP) is 1.15. The van der Waals surface area contributed by atoms with Gasteiger partial charge in [-0.05, 0) is 13.3 Å². The third-order valence-electron chi connectivity index (χ3n) is 1.81. The second-order valence-electron chi connectivity index (χ2n) is 3.10. The lowest BCUT2D eigenvalue weighted by atomic mass is 10.3. The van der Waals surface area contributed by atoms with Gasteiger partial charge >= 0.3 is 5.97 Å². The van der Waals surface area contributed by atoms with E-state index in [2.05, 4.69) is 15.3 Å². The van der Waals surface area contributed by atoms with Gasteiger partial charge in [0.15, 0.2) is 0 Å². The molecule has 16 heavy (non-hydrogen) atoms. The van der Waals surface area contributed by atoms with E-state index >= 15 is 0 Å². The lowest BCUT2D eigenvalue weighted by molar-refractivity contribution is -0.137. The zero-order valence-corrected chi connectivity index (χ0v) is 9.14. The summed E-state index contributed by atoms with van der Waals surface area (Å²) in [5, 5.41) is 11.5. The number of aromatic nitrogens is 2. The van der Waals surface area contributed by atoms with Crippen molar-refractivity contribution >= 4 is 11.8 Å². The first kappa shape index (κ1) is 12.2. The van der Waals surface area contributed by atoms with E-state index in [1.165, 1.54) is 6.33 Å². The minimum Gasteiger partial charge on any atom is -0.481 e. The number of carbonyl (C=O) groups is 1. The fourth-order valence-corrected chi connectivity index (χ4v) is 1.12. The average Bonchev–Trinajstić information content (AvgIpc) is 2.25. The molecule has 0 aliphatic heterocycles. The van der Waals surface area contributed by atoms with E-state index in [1.54, 1.807) is 6.07 Å². The molecule has 0 spiro atoms. The molecule has 88 valence electrons. The zero-order valence-electron chi connectivity index (χ0n) is 9.14. The van der Waals surface area contributed by atoms with Crippen molar-refractivity contribution in [3.8, 4) is 5.88 Å². The van der Waals surface area contributed by atoms with Crippen LogP contribution >= 0.6 is 0 Å². The molecular formula is C10H15N3O3. The lowest BCUT2D eigenvalue weighted by Crippen LogP contribution is -2.06. The minimum atomic E-state index is -0.792. The highest BCUT2D eigenvalue weighted by molar-refractivity contribution is 5.66. The maximum Gasteiger partial charge on any atom is 0.303 e. The number of hydrogen-bond acceptors (Lipinski definition) is 5. The van der Waals surface area contributed by atoms with Crippen LogP contribution < -0.4 is 10.1 Å². The van der Waals surface area contributed by atoms with Crippen molar-refractivity contribution in [1.82, 2.24) is 9.97 Å². The van der Waals surface area contributed by atoms with Crippen molar-refractivity contribution in [2.45, 2.75) is 19.8 Å². The summed E-state index contributed by atoms with van der Waals surface area (Å²) in [5.41, 5.74) is 0. The summed E-state index contributed by atoms with van der Waals surface area (Å²) < 4.78 is 5.21. The van der Waals surface area contributed by atoms with Gasteiger partial charge in [-0.1, -0.05) is 0 Å². The van der Waals surface area contributed by atoms with E-state index in [0.29, 0.717) is 31.3 Å². The van der Waals surface area contributed by atoms with Crippen LogP contribution in [0.1, 0.15) is 19.8 Å². The van der Waals surface area contributed by atoms with E-state index in [1.807, 2.05) is 6.92 Å². The molecule has 6 heteroatoms. The molecule has 0 aromatic carbocycles. The molecule has 0 aliphatic carbocycles. The van der Waals surface area contributed by atoms with Crippen LogP contribution in [0.15, 0.2) is 12.4 Å². The minimum absolute atomic E-state index is 0.149. The highest BCUT2D eigenvalue weighted by Crippen LogP contribution is 2.10. The number of anilines is 1. The standard InChI is InChI=1S/C10H15N3O3/c1-2-16-9-6-8(12-7-13-9)11-5-3-4-10(14)15/h6-7H,2-5H2,1H3,(H,14,15)(H,11,12,13). The molecule has 2 N–H and O–H groups in total. The summed E-state index contributed by atoms with van der Waals surface area (Å²) in [5.74, 6) is 0.363. The number of nitrogens with one attached hydrogen (secondary N) is 1. The first-order valence-corrected chi connectivity index (χ1v) is 5.13. The van der Waals surface area contributed by atoms with Gasteiger partial charge in [0.25, 0.3) is 0 Å². The van der Waals surface area contributed by atoms with Gasteiger partial charge in [-0.25, -0.2) is 9.97 Å². The predicted molar refractivity (Wildman–Crippen MR) is 58.6 cm³/mol. The van der Waals surface area contributed by atoms with Gasteiger partial charge in [0.05, 0.1) is 6.61 Å². The van der Waals surface area contributed by atoms with Gasteiger partial charge in [-0.3, -0.25) is 4.79 Å². The molecule has 0 radical (unpaired) electrons. The summed E-state index contributed by atoms with van der Waals surface area (Å²) >= 11 is 0. The monoisotopic (exact) mass is 225 g/mol. The summed E-state index contributed by atoms with van der Waals surface area (Å²) in [7, 11) is 0. The quantitative estimate of drug-likeness (QED) is 0.677. The van der Waals surface area contributed by atoms with Crippen molar-refractivity contribution in [3.05, 3.63) is 12.4 Å². The van der Waals surface area contributed by atoms with Crippen LogP contribution in [0.25, 0.3) is 0 Å². The van der Waals surface area contributed by atoms with Crippen molar-refractivity contribution < 1.29 is 14.6 Å². The van der Waals surface area contributed by atoms with E-state index in [-0.39, 0.29) is 6.42 Å². The molecule has 1 aromatic rings. The summed E-state index contributed by atoms with van der Waals surface area (Å²) in [6.07, 6.45) is 2.12. The van der Waals surface area contributed by atoms with E-state index < -0.39 is 5.97 Å². The number of carboxylic acids is 1. The summed E-state index contributed by atoms with van der Waals surface area (Å²) in [6.45, 7) is 2.99. The number of hydrogen-bond donors (Lipinski definition) is 2. The molecule has 0 saturated carbocycles. The topological polar surface area (TPSA) is 84.3 Å². The second kappa shape index (κ2) is 6.60. The van der Waals surface area contributed by atoms with Gasteiger partial charge in [-0.2, -0.15) is 0 Å². The third-order valence-corrected chi connectivity index (χ3v) is 1.81. The maximum atomic E-state index is 10.3. The average molecular weight is 225 g/mol. The molecule has 6 nitrogen and oxygen atoms in total.